The van der Waals surface area contributed by atoms with Crippen LogP contribution in [-0.2, 0) is 21.5 Å². The van der Waals surface area contributed by atoms with Gasteiger partial charge in [-0.1, -0.05) is 36.9 Å². The Bertz CT molecular complexity index is 850. The molecule has 0 bridgehead atoms. The van der Waals surface area contributed by atoms with Crippen LogP contribution in [0.4, 0.5) is 0 Å². The first-order chi connectivity index (χ1) is 13.1. The lowest BCUT2D eigenvalue weighted by Gasteiger charge is -2.41. The van der Waals surface area contributed by atoms with E-state index in [0.717, 1.165) is 24.2 Å². The van der Waals surface area contributed by atoms with Gasteiger partial charge in [-0.05, 0) is 30.9 Å². The summed E-state index contributed by atoms with van der Waals surface area (Å²) >= 11 is 0. The molecule has 1 fully saturated rings. The zero-order valence-electron chi connectivity index (χ0n) is 15.3. The Morgan fingerprint density at radius 1 is 1.19 bits per heavy atom. The Hall–Kier alpha value is -2.89. The predicted molar refractivity (Wildman–Crippen MR) is 102 cm³/mol. The van der Waals surface area contributed by atoms with Crippen LogP contribution in [0.1, 0.15) is 36.6 Å². The quantitative estimate of drug-likeness (QED) is 0.846. The van der Waals surface area contributed by atoms with Crippen LogP contribution in [0.3, 0.4) is 0 Å². The second-order valence-corrected chi connectivity index (χ2v) is 7.30. The van der Waals surface area contributed by atoms with Crippen molar-refractivity contribution in [2.45, 2.75) is 37.3 Å². The topological polar surface area (TPSA) is 67.2 Å². The fourth-order valence-corrected chi connectivity index (χ4v) is 4.31. The minimum absolute atomic E-state index is 0.00609. The third kappa shape index (κ3) is 3.05. The van der Waals surface area contributed by atoms with Crippen molar-refractivity contribution < 1.29 is 9.59 Å². The van der Waals surface area contributed by atoms with E-state index in [1.54, 1.807) is 4.90 Å². The van der Waals surface area contributed by atoms with Gasteiger partial charge in [0.05, 0.1) is 29.7 Å². The second kappa shape index (κ2) is 7.02. The highest BCUT2D eigenvalue weighted by atomic mass is 16.2. The number of carbonyl (C=O) groups excluding carboxylic acids is 2. The maximum absolute atomic E-state index is 13.5. The number of piperidine rings is 1. The SMILES string of the molecule is C=CC(=O)N1CCC(C(=O)NC2CCn3cncc32)(c2ccccc2)CC1. The summed E-state index contributed by atoms with van der Waals surface area (Å²) in [6.07, 6.45) is 7.08. The van der Waals surface area contributed by atoms with Crippen molar-refractivity contribution in [2.24, 2.45) is 0 Å². The molecule has 0 radical (unpaired) electrons. The molecule has 0 spiro atoms. The fraction of sp³-hybridized carbons (Fsp3) is 0.381. The van der Waals surface area contributed by atoms with E-state index in [2.05, 4.69) is 21.4 Å². The van der Waals surface area contributed by atoms with Gasteiger partial charge in [0.15, 0.2) is 0 Å². The summed E-state index contributed by atoms with van der Waals surface area (Å²) in [6, 6.07) is 9.92. The highest BCUT2D eigenvalue weighted by Gasteiger charge is 2.44. The summed E-state index contributed by atoms with van der Waals surface area (Å²) in [5.74, 6) is -0.0317. The lowest BCUT2D eigenvalue weighted by molar-refractivity contribution is -0.134. The molecule has 1 saturated heterocycles. The summed E-state index contributed by atoms with van der Waals surface area (Å²) in [5.41, 5.74) is 1.46. The van der Waals surface area contributed by atoms with E-state index in [0.29, 0.717) is 25.9 Å². The molecule has 0 saturated carbocycles. The van der Waals surface area contributed by atoms with Crippen molar-refractivity contribution >= 4 is 11.8 Å². The summed E-state index contributed by atoms with van der Waals surface area (Å²) in [7, 11) is 0. The minimum atomic E-state index is -0.618. The van der Waals surface area contributed by atoms with Gasteiger partial charge in [-0.3, -0.25) is 9.59 Å². The molecule has 1 aromatic carbocycles. The van der Waals surface area contributed by atoms with E-state index in [1.165, 1.54) is 6.08 Å². The van der Waals surface area contributed by atoms with Crippen molar-refractivity contribution in [3.05, 3.63) is 66.8 Å². The first kappa shape index (κ1) is 17.5. The molecule has 4 rings (SSSR count). The van der Waals surface area contributed by atoms with Crippen LogP contribution >= 0.6 is 0 Å². The van der Waals surface area contributed by atoms with Gasteiger partial charge in [-0.2, -0.15) is 0 Å². The van der Waals surface area contributed by atoms with Gasteiger partial charge in [0.2, 0.25) is 11.8 Å². The molecular formula is C21H24N4O2. The van der Waals surface area contributed by atoms with Crippen molar-refractivity contribution in [2.75, 3.05) is 13.1 Å². The Morgan fingerprint density at radius 3 is 2.63 bits per heavy atom. The number of likely N-dealkylation sites (tertiary alicyclic amines) is 1. The first-order valence-corrected chi connectivity index (χ1v) is 9.42. The average Bonchev–Trinajstić information content (AvgIpc) is 3.33. The van der Waals surface area contributed by atoms with Gasteiger partial charge < -0.3 is 14.8 Å². The maximum Gasteiger partial charge on any atom is 0.245 e. The molecule has 140 valence electrons. The van der Waals surface area contributed by atoms with Crippen LogP contribution in [0.25, 0.3) is 0 Å². The zero-order valence-corrected chi connectivity index (χ0v) is 15.3. The number of rotatable bonds is 4. The smallest absolute Gasteiger partial charge is 0.245 e. The number of nitrogens with one attached hydrogen (secondary N) is 1. The van der Waals surface area contributed by atoms with E-state index in [1.807, 2.05) is 42.9 Å². The molecule has 1 unspecified atom stereocenters. The summed E-state index contributed by atoms with van der Waals surface area (Å²) < 4.78 is 2.09. The molecule has 6 nitrogen and oxygen atoms in total. The number of nitrogens with zero attached hydrogens (tertiary/aromatic N) is 3. The molecule has 6 heteroatoms. The maximum atomic E-state index is 13.5. The number of hydrogen-bond acceptors (Lipinski definition) is 3. The van der Waals surface area contributed by atoms with Crippen LogP contribution in [0.15, 0.2) is 55.5 Å². The predicted octanol–water partition coefficient (Wildman–Crippen LogP) is 2.19. The van der Waals surface area contributed by atoms with Crippen LogP contribution in [-0.4, -0.2) is 39.4 Å². The van der Waals surface area contributed by atoms with Gasteiger partial charge in [0.1, 0.15) is 0 Å². The molecular weight excluding hydrogens is 340 g/mol. The Labute approximate surface area is 158 Å². The number of carbonyl (C=O) groups is 2. The van der Waals surface area contributed by atoms with Crippen molar-refractivity contribution in [3.8, 4) is 0 Å². The molecule has 0 aliphatic carbocycles. The lowest BCUT2D eigenvalue weighted by atomic mass is 9.71. The Morgan fingerprint density at radius 2 is 1.93 bits per heavy atom. The van der Waals surface area contributed by atoms with Crippen molar-refractivity contribution in [1.29, 1.82) is 0 Å². The Kier molecular flexibility index (Phi) is 4.56. The molecule has 1 atom stereocenters. The zero-order chi connectivity index (χ0) is 18.9. The minimum Gasteiger partial charge on any atom is -0.347 e. The van der Waals surface area contributed by atoms with E-state index in [4.69, 9.17) is 0 Å². The number of aryl methyl sites for hydroxylation is 1. The number of fused-ring (bicyclic) bond motifs is 1. The third-order valence-electron chi connectivity index (χ3n) is 5.93. The van der Waals surface area contributed by atoms with E-state index in [9.17, 15) is 9.59 Å². The highest BCUT2D eigenvalue weighted by molar-refractivity contribution is 5.90. The lowest BCUT2D eigenvalue weighted by Crippen LogP contribution is -2.53. The number of amides is 2. The molecule has 3 heterocycles. The van der Waals surface area contributed by atoms with Gasteiger partial charge in [-0.25, -0.2) is 4.98 Å². The number of hydrogen-bond donors (Lipinski definition) is 1. The first-order valence-electron chi connectivity index (χ1n) is 9.42. The normalized spacial score (nSPS) is 20.7. The molecule has 2 aliphatic heterocycles. The van der Waals surface area contributed by atoms with Gasteiger partial charge in [0.25, 0.3) is 0 Å². The van der Waals surface area contributed by atoms with Crippen LogP contribution in [0, 0.1) is 0 Å². The molecule has 1 N–H and O–H groups in total. The number of benzene rings is 1. The number of aromatic nitrogens is 2. The third-order valence-corrected chi connectivity index (χ3v) is 5.93. The monoisotopic (exact) mass is 364 g/mol. The summed E-state index contributed by atoms with van der Waals surface area (Å²) in [4.78, 5) is 31.4. The van der Waals surface area contributed by atoms with Crippen LogP contribution < -0.4 is 5.32 Å². The molecule has 2 aliphatic rings. The van der Waals surface area contributed by atoms with Gasteiger partial charge in [-0.15, -0.1) is 0 Å². The van der Waals surface area contributed by atoms with Gasteiger partial charge in [0, 0.05) is 19.6 Å². The number of imidazole rings is 1. The van der Waals surface area contributed by atoms with Crippen LogP contribution in [0.5, 0.6) is 0 Å². The molecule has 27 heavy (non-hydrogen) atoms. The van der Waals surface area contributed by atoms with E-state index >= 15 is 0 Å². The highest BCUT2D eigenvalue weighted by Crippen LogP contribution is 2.37. The standard InChI is InChI=1S/C21H24N4O2/c1-2-19(26)24-12-9-21(10-13-24,16-6-4-3-5-7-16)20(27)23-17-8-11-25-15-22-14-18(17)25/h2-7,14-15,17H,1,8-13H2,(H,23,27). The van der Waals surface area contributed by atoms with Crippen molar-refractivity contribution in [1.82, 2.24) is 19.8 Å². The largest absolute Gasteiger partial charge is 0.347 e. The average molecular weight is 364 g/mol. The van der Waals surface area contributed by atoms with Gasteiger partial charge >= 0.3 is 0 Å². The summed E-state index contributed by atoms with van der Waals surface area (Å²) in [5, 5.41) is 3.26. The summed E-state index contributed by atoms with van der Waals surface area (Å²) in [6.45, 7) is 5.55. The fourth-order valence-electron chi connectivity index (χ4n) is 4.31. The second-order valence-electron chi connectivity index (χ2n) is 7.30. The van der Waals surface area contributed by atoms with Crippen molar-refractivity contribution in [3.63, 3.8) is 0 Å². The molecule has 2 aromatic rings. The molecule has 2 amide bonds. The Balaban J connectivity index is 1.59. The van der Waals surface area contributed by atoms with E-state index in [-0.39, 0.29) is 17.9 Å². The molecule has 1 aromatic heterocycles. The van der Waals surface area contributed by atoms with E-state index < -0.39 is 5.41 Å². The van der Waals surface area contributed by atoms with Crippen LogP contribution in [0.2, 0.25) is 0 Å².